The van der Waals surface area contributed by atoms with Crippen molar-refractivity contribution >= 4 is 5.91 Å². The summed E-state index contributed by atoms with van der Waals surface area (Å²) in [5.41, 5.74) is 0.520. The van der Waals surface area contributed by atoms with E-state index in [9.17, 15) is 4.79 Å². The molecule has 1 amide bonds. The highest BCUT2D eigenvalue weighted by Crippen LogP contribution is 2.30. The van der Waals surface area contributed by atoms with Crippen LogP contribution in [0.1, 0.15) is 17.3 Å². The van der Waals surface area contributed by atoms with E-state index < -0.39 is 0 Å². The Morgan fingerprint density at radius 3 is 2.74 bits per heavy atom. The molecular formula is C18H19NO4. The van der Waals surface area contributed by atoms with Crippen LogP contribution in [0.15, 0.2) is 48.5 Å². The zero-order valence-corrected chi connectivity index (χ0v) is 13.0. The molecule has 1 atom stereocenters. The summed E-state index contributed by atoms with van der Waals surface area (Å²) in [7, 11) is 0. The van der Waals surface area contributed by atoms with E-state index in [1.807, 2.05) is 43.3 Å². The molecule has 0 aliphatic carbocycles. The van der Waals surface area contributed by atoms with Crippen molar-refractivity contribution in [3.63, 3.8) is 0 Å². The van der Waals surface area contributed by atoms with Gasteiger partial charge >= 0.3 is 0 Å². The van der Waals surface area contributed by atoms with Crippen LogP contribution in [0, 0.1) is 0 Å². The number of hydrogen-bond acceptors (Lipinski definition) is 4. The minimum atomic E-state index is -0.215. The van der Waals surface area contributed by atoms with Gasteiger partial charge in [-0.15, -0.1) is 0 Å². The minimum Gasteiger partial charge on any atom is -0.493 e. The van der Waals surface area contributed by atoms with Crippen molar-refractivity contribution in [2.45, 2.75) is 13.0 Å². The van der Waals surface area contributed by atoms with Crippen LogP contribution in [0.4, 0.5) is 0 Å². The molecule has 5 nitrogen and oxygen atoms in total. The van der Waals surface area contributed by atoms with Gasteiger partial charge in [-0.2, -0.15) is 0 Å². The van der Waals surface area contributed by atoms with E-state index in [1.165, 1.54) is 0 Å². The Bertz CT molecular complexity index is 686. The maximum Gasteiger partial charge on any atom is 0.255 e. The molecule has 2 aromatic carbocycles. The number of para-hydroxylation sites is 3. The van der Waals surface area contributed by atoms with Gasteiger partial charge in [0.25, 0.3) is 5.91 Å². The van der Waals surface area contributed by atoms with Crippen LogP contribution < -0.4 is 19.5 Å². The molecule has 1 aliphatic rings. The number of carbonyl (C=O) groups excluding carboxylic acids is 1. The molecule has 1 heterocycles. The van der Waals surface area contributed by atoms with Crippen LogP contribution in [-0.4, -0.2) is 31.8 Å². The van der Waals surface area contributed by atoms with E-state index in [-0.39, 0.29) is 12.0 Å². The summed E-state index contributed by atoms with van der Waals surface area (Å²) in [6.45, 7) is 3.18. The molecule has 2 aromatic rings. The maximum absolute atomic E-state index is 12.3. The molecule has 0 radical (unpaired) electrons. The van der Waals surface area contributed by atoms with Crippen molar-refractivity contribution in [2.24, 2.45) is 0 Å². The number of ether oxygens (including phenoxy) is 3. The standard InChI is InChI=1S/C18H19NO4/c1-2-21-15-8-4-3-7-14(15)18(20)19-11-13-12-22-16-9-5-6-10-17(16)23-13/h3-10,13H,2,11-12H2,1H3,(H,19,20)/t13-/m1/s1. The highest BCUT2D eigenvalue weighted by molar-refractivity contribution is 5.96. The van der Waals surface area contributed by atoms with E-state index >= 15 is 0 Å². The SMILES string of the molecule is CCOc1ccccc1C(=O)NC[C@@H]1COc2ccccc2O1. The van der Waals surface area contributed by atoms with Crippen LogP contribution in [0.5, 0.6) is 17.2 Å². The first kappa shape index (κ1) is 15.2. The van der Waals surface area contributed by atoms with Gasteiger partial charge in [0.15, 0.2) is 11.5 Å². The predicted molar refractivity (Wildman–Crippen MR) is 86.3 cm³/mol. The molecule has 1 aliphatic heterocycles. The molecule has 3 rings (SSSR count). The smallest absolute Gasteiger partial charge is 0.255 e. The van der Waals surface area contributed by atoms with Crippen LogP contribution >= 0.6 is 0 Å². The molecule has 23 heavy (non-hydrogen) atoms. The number of fused-ring (bicyclic) bond motifs is 1. The lowest BCUT2D eigenvalue weighted by Crippen LogP contribution is -2.40. The second kappa shape index (κ2) is 7.05. The van der Waals surface area contributed by atoms with E-state index in [1.54, 1.807) is 12.1 Å². The quantitative estimate of drug-likeness (QED) is 0.922. The number of amides is 1. The monoisotopic (exact) mass is 313 g/mol. The minimum absolute atomic E-state index is 0.184. The van der Waals surface area contributed by atoms with Crippen LogP contribution in [0.3, 0.4) is 0 Å². The summed E-state index contributed by atoms with van der Waals surface area (Å²) in [4.78, 5) is 12.3. The molecule has 5 heteroatoms. The molecule has 120 valence electrons. The highest BCUT2D eigenvalue weighted by atomic mass is 16.6. The zero-order valence-electron chi connectivity index (χ0n) is 13.0. The van der Waals surface area contributed by atoms with Gasteiger partial charge in [0.2, 0.25) is 0 Å². The lowest BCUT2D eigenvalue weighted by atomic mass is 10.2. The number of hydrogen-bond donors (Lipinski definition) is 1. The Kier molecular flexibility index (Phi) is 4.66. The van der Waals surface area contributed by atoms with E-state index in [0.717, 1.165) is 5.75 Å². The van der Waals surface area contributed by atoms with Crippen LogP contribution in [0.25, 0.3) is 0 Å². The molecule has 0 spiro atoms. The van der Waals surface area contributed by atoms with Gasteiger partial charge in [-0.05, 0) is 31.2 Å². The Balaban J connectivity index is 1.60. The fourth-order valence-electron chi connectivity index (χ4n) is 2.40. The zero-order chi connectivity index (χ0) is 16.1. The largest absolute Gasteiger partial charge is 0.493 e. The average Bonchev–Trinajstić information content (AvgIpc) is 2.60. The predicted octanol–water partition coefficient (Wildman–Crippen LogP) is 2.66. The molecular weight excluding hydrogens is 294 g/mol. The van der Waals surface area contributed by atoms with Crippen molar-refractivity contribution < 1.29 is 19.0 Å². The number of benzene rings is 2. The lowest BCUT2D eigenvalue weighted by molar-refractivity contribution is 0.0787. The lowest BCUT2D eigenvalue weighted by Gasteiger charge is -2.26. The second-order valence-corrected chi connectivity index (χ2v) is 5.14. The Hall–Kier alpha value is -2.69. The first-order valence-electron chi connectivity index (χ1n) is 7.66. The second-order valence-electron chi connectivity index (χ2n) is 5.14. The summed E-state index contributed by atoms with van der Waals surface area (Å²) in [6.07, 6.45) is -0.215. The fraction of sp³-hybridized carbons (Fsp3) is 0.278. The van der Waals surface area contributed by atoms with Crippen molar-refractivity contribution in [3.8, 4) is 17.2 Å². The van der Waals surface area contributed by atoms with Crippen molar-refractivity contribution in [1.82, 2.24) is 5.32 Å². The van der Waals surface area contributed by atoms with Gasteiger partial charge in [-0.1, -0.05) is 24.3 Å². The molecule has 0 saturated heterocycles. The Morgan fingerprint density at radius 1 is 1.17 bits per heavy atom. The summed E-state index contributed by atoms with van der Waals surface area (Å²) in [5.74, 6) is 1.83. The first-order chi connectivity index (χ1) is 11.3. The summed E-state index contributed by atoms with van der Waals surface area (Å²) >= 11 is 0. The van der Waals surface area contributed by atoms with Gasteiger partial charge in [-0.3, -0.25) is 4.79 Å². The summed E-state index contributed by atoms with van der Waals surface area (Å²) in [5, 5.41) is 2.87. The van der Waals surface area contributed by atoms with Gasteiger partial charge in [0.05, 0.1) is 18.7 Å². The van der Waals surface area contributed by atoms with E-state index in [4.69, 9.17) is 14.2 Å². The molecule has 1 N–H and O–H groups in total. The van der Waals surface area contributed by atoms with E-state index in [2.05, 4.69) is 5.32 Å². The van der Waals surface area contributed by atoms with Crippen molar-refractivity contribution in [3.05, 3.63) is 54.1 Å². The topological polar surface area (TPSA) is 56.8 Å². The van der Waals surface area contributed by atoms with Crippen molar-refractivity contribution in [1.29, 1.82) is 0 Å². The Labute approximate surface area is 135 Å². The number of carbonyl (C=O) groups is 1. The third-order valence-corrected chi connectivity index (χ3v) is 3.49. The van der Waals surface area contributed by atoms with Crippen LogP contribution in [0.2, 0.25) is 0 Å². The fourth-order valence-corrected chi connectivity index (χ4v) is 2.40. The average molecular weight is 313 g/mol. The summed E-state index contributed by atoms with van der Waals surface area (Å²) < 4.78 is 16.9. The first-order valence-corrected chi connectivity index (χ1v) is 7.66. The normalized spacial score (nSPS) is 15.8. The maximum atomic E-state index is 12.3. The van der Waals surface area contributed by atoms with Gasteiger partial charge in [0, 0.05) is 0 Å². The van der Waals surface area contributed by atoms with Crippen LogP contribution in [-0.2, 0) is 0 Å². The number of rotatable bonds is 5. The third kappa shape index (κ3) is 3.56. The third-order valence-electron chi connectivity index (χ3n) is 3.49. The van der Waals surface area contributed by atoms with E-state index in [0.29, 0.717) is 36.8 Å². The van der Waals surface area contributed by atoms with Gasteiger partial charge in [-0.25, -0.2) is 0 Å². The molecule has 0 aromatic heterocycles. The highest BCUT2D eigenvalue weighted by Gasteiger charge is 2.21. The summed E-state index contributed by atoms with van der Waals surface area (Å²) in [6, 6.07) is 14.7. The molecule has 0 bridgehead atoms. The molecule has 0 fully saturated rings. The Morgan fingerprint density at radius 2 is 1.91 bits per heavy atom. The van der Waals surface area contributed by atoms with Crippen molar-refractivity contribution in [2.75, 3.05) is 19.8 Å². The van der Waals surface area contributed by atoms with Gasteiger partial charge in [0.1, 0.15) is 18.5 Å². The van der Waals surface area contributed by atoms with Gasteiger partial charge < -0.3 is 19.5 Å². The number of nitrogens with one attached hydrogen (secondary N) is 1. The molecule has 0 unspecified atom stereocenters. The molecule has 0 saturated carbocycles.